The van der Waals surface area contributed by atoms with Crippen LogP contribution < -0.4 is 0 Å². The summed E-state index contributed by atoms with van der Waals surface area (Å²) in [6, 6.07) is -1.20. The molecular formula is C26H40N2O5S. The Kier molecular flexibility index (Phi) is 8.90. The number of amides is 2. The lowest BCUT2D eigenvalue weighted by molar-refractivity contribution is -0.154. The number of carbonyl (C=O) groups is 3. The van der Waals surface area contributed by atoms with Crippen molar-refractivity contribution in [2.45, 2.75) is 75.0 Å². The Bertz CT molecular complexity index is 802. The van der Waals surface area contributed by atoms with Crippen molar-refractivity contribution in [1.29, 1.82) is 0 Å². The van der Waals surface area contributed by atoms with E-state index in [1.165, 1.54) is 0 Å². The molecule has 0 aromatic heterocycles. The van der Waals surface area contributed by atoms with Gasteiger partial charge in [-0.25, -0.2) is 0 Å². The first-order valence-corrected chi connectivity index (χ1v) is 13.4. The van der Waals surface area contributed by atoms with Gasteiger partial charge < -0.3 is 19.6 Å². The number of likely N-dealkylation sites (tertiary alicyclic amines) is 1. The van der Waals surface area contributed by atoms with Crippen molar-refractivity contribution < 1.29 is 24.2 Å². The summed E-state index contributed by atoms with van der Waals surface area (Å²) in [7, 11) is 0. The minimum Gasteiger partial charge on any atom is -0.465 e. The van der Waals surface area contributed by atoms with Crippen molar-refractivity contribution in [1.82, 2.24) is 9.80 Å². The molecule has 7 nitrogen and oxygen atoms in total. The van der Waals surface area contributed by atoms with Crippen molar-refractivity contribution in [3.05, 3.63) is 25.3 Å². The highest BCUT2D eigenvalue weighted by Crippen LogP contribution is 2.67. The lowest BCUT2D eigenvalue weighted by Gasteiger charge is -2.40. The molecule has 3 heterocycles. The van der Waals surface area contributed by atoms with Crippen LogP contribution in [0.15, 0.2) is 25.3 Å². The summed E-state index contributed by atoms with van der Waals surface area (Å²) in [5, 5.41) is 10.2. The molecule has 190 valence electrons. The standard InChI is InChI=1S/C26H40N2O5S/c1-6-9-14-27(13-8-3)24(31)22-26-12-11-19(34-26)20(25(32)33-15-10-7-2)21(26)23(30)28(22)18(16-29)17(4)5/h7-8,17-22,29H,2-3,6,9-16H2,1,4-5H3/t18-,19+,20-,21-,22?,26?/m0/s1. The number of thioether (sulfide) groups is 1. The normalized spacial score (nSPS) is 30.4. The molecule has 2 amide bonds. The average molecular weight is 493 g/mol. The van der Waals surface area contributed by atoms with Crippen molar-refractivity contribution in [2.75, 3.05) is 26.3 Å². The molecule has 2 unspecified atom stereocenters. The third-order valence-electron chi connectivity index (χ3n) is 7.57. The average Bonchev–Trinajstić information content (AvgIpc) is 3.44. The van der Waals surface area contributed by atoms with Gasteiger partial charge in [-0.3, -0.25) is 14.4 Å². The summed E-state index contributed by atoms with van der Waals surface area (Å²) in [5.74, 6) is -1.86. The number of ether oxygens (including phenoxy) is 1. The lowest BCUT2D eigenvalue weighted by atomic mass is 9.71. The Morgan fingerprint density at radius 1 is 1.35 bits per heavy atom. The lowest BCUT2D eigenvalue weighted by Crippen LogP contribution is -2.58. The molecule has 2 bridgehead atoms. The van der Waals surface area contributed by atoms with Gasteiger partial charge in [-0.05, 0) is 31.6 Å². The quantitative estimate of drug-likeness (QED) is 0.242. The first-order valence-electron chi connectivity index (χ1n) is 12.6. The highest BCUT2D eigenvalue weighted by molar-refractivity contribution is 8.02. The molecule has 8 heteroatoms. The molecule has 3 rings (SSSR count). The highest BCUT2D eigenvalue weighted by Gasteiger charge is 2.74. The zero-order valence-electron chi connectivity index (χ0n) is 20.8. The molecule has 0 radical (unpaired) electrons. The van der Waals surface area contributed by atoms with Crippen molar-refractivity contribution in [3.8, 4) is 0 Å². The summed E-state index contributed by atoms with van der Waals surface area (Å²) in [6.45, 7) is 14.5. The van der Waals surface area contributed by atoms with Crippen molar-refractivity contribution in [2.24, 2.45) is 17.8 Å². The van der Waals surface area contributed by atoms with Crippen molar-refractivity contribution in [3.63, 3.8) is 0 Å². The molecule has 0 saturated carbocycles. The van der Waals surface area contributed by atoms with Crippen LogP contribution >= 0.6 is 11.8 Å². The maximum absolute atomic E-state index is 14.1. The fourth-order valence-electron chi connectivity index (χ4n) is 5.92. The number of carbonyl (C=O) groups excluding carboxylic acids is 3. The summed E-state index contributed by atoms with van der Waals surface area (Å²) >= 11 is 1.63. The van der Waals surface area contributed by atoms with Crippen LogP contribution in [0.4, 0.5) is 0 Å². The molecule has 3 aliphatic rings. The summed E-state index contributed by atoms with van der Waals surface area (Å²) in [6.07, 6.45) is 7.25. The monoisotopic (exact) mass is 492 g/mol. The number of aliphatic hydroxyl groups is 1. The number of hydrogen-bond donors (Lipinski definition) is 1. The summed E-state index contributed by atoms with van der Waals surface area (Å²) in [5.41, 5.74) is 0. The molecule has 1 N–H and O–H groups in total. The van der Waals surface area contributed by atoms with Crippen LogP contribution in [0.5, 0.6) is 0 Å². The van der Waals surface area contributed by atoms with E-state index in [0.717, 1.165) is 19.3 Å². The Hall–Kier alpha value is -1.80. The first-order chi connectivity index (χ1) is 16.3. The van der Waals surface area contributed by atoms with Gasteiger partial charge in [0.1, 0.15) is 6.04 Å². The molecule has 3 aliphatic heterocycles. The number of unbranched alkanes of at least 4 members (excludes halogenated alkanes) is 1. The van der Waals surface area contributed by atoms with Gasteiger partial charge >= 0.3 is 5.97 Å². The van der Waals surface area contributed by atoms with Crippen LogP contribution in [0.1, 0.15) is 52.9 Å². The van der Waals surface area contributed by atoms with Crippen LogP contribution in [0.2, 0.25) is 0 Å². The Balaban J connectivity index is 2.03. The van der Waals surface area contributed by atoms with Crippen LogP contribution in [0.3, 0.4) is 0 Å². The van der Waals surface area contributed by atoms with E-state index in [2.05, 4.69) is 20.1 Å². The van der Waals surface area contributed by atoms with Gasteiger partial charge in [0, 0.05) is 18.3 Å². The van der Waals surface area contributed by atoms with Gasteiger partial charge in [-0.15, -0.1) is 24.9 Å². The van der Waals surface area contributed by atoms with Gasteiger partial charge in [0.25, 0.3) is 0 Å². The van der Waals surface area contributed by atoms with Crippen LogP contribution in [-0.4, -0.2) is 81.1 Å². The molecular weight excluding hydrogens is 452 g/mol. The fourth-order valence-corrected chi connectivity index (χ4v) is 8.11. The van der Waals surface area contributed by atoms with E-state index >= 15 is 0 Å². The molecule has 1 spiro atoms. The van der Waals surface area contributed by atoms with E-state index in [9.17, 15) is 19.5 Å². The Morgan fingerprint density at radius 3 is 2.68 bits per heavy atom. The van der Waals surface area contributed by atoms with Gasteiger partial charge in [-0.1, -0.05) is 39.3 Å². The number of fused-ring (bicyclic) bond motifs is 1. The van der Waals surface area contributed by atoms with Crippen molar-refractivity contribution >= 4 is 29.5 Å². The molecule has 0 aromatic carbocycles. The maximum atomic E-state index is 14.1. The van der Waals surface area contributed by atoms with E-state index in [1.807, 2.05) is 13.8 Å². The SMILES string of the molecule is C=CCCOC(=O)[C@@H]1[C@H]2C(=O)N([C@@H](CO)C(C)C)C(C(=O)N(CC=C)CCCC)C23CC[C@H]1S3. The van der Waals surface area contributed by atoms with Crippen LogP contribution in [0, 0.1) is 17.8 Å². The molecule has 3 saturated heterocycles. The largest absolute Gasteiger partial charge is 0.465 e. The Labute approximate surface area is 208 Å². The maximum Gasteiger partial charge on any atom is 0.310 e. The Morgan fingerprint density at radius 2 is 2.09 bits per heavy atom. The van der Waals surface area contributed by atoms with Crippen LogP contribution in [-0.2, 0) is 19.1 Å². The van der Waals surface area contributed by atoms with E-state index < -0.39 is 28.7 Å². The smallest absolute Gasteiger partial charge is 0.310 e. The second kappa shape index (κ2) is 11.3. The van der Waals surface area contributed by atoms with E-state index in [0.29, 0.717) is 25.9 Å². The minimum atomic E-state index is -0.706. The summed E-state index contributed by atoms with van der Waals surface area (Å²) < 4.78 is 4.85. The predicted molar refractivity (Wildman–Crippen MR) is 134 cm³/mol. The van der Waals surface area contributed by atoms with E-state index in [1.54, 1.807) is 33.7 Å². The zero-order valence-corrected chi connectivity index (χ0v) is 21.6. The number of esters is 1. The van der Waals surface area contributed by atoms with E-state index in [4.69, 9.17) is 4.74 Å². The van der Waals surface area contributed by atoms with E-state index in [-0.39, 0.29) is 42.2 Å². The number of aliphatic hydroxyl groups excluding tert-OH is 1. The number of hydrogen-bond acceptors (Lipinski definition) is 6. The molecule has 0 aromatic rings. The first kappa shape index (κ1) is 26.8. The van der Waals surface area contributed by atoms with Gasteiger partial charge in [0.05, 0.1) is 35.8 Å². The number of nitrogens with zero attached hydrogens (tertiary/aromatic N) is 2. The molecule has 0 aliphatic carbocycles. The highest BCUT2D eigenvalue weighted by atomic mass is 32.2. The van der Waals surface area contributed by atoms with Gasteiger partial charge in [0.2, 0.25) is 11.8 Å². The third-order valence-corrected chi connectivity index (χ3v) is 9.52. The van der Waals surface area contributed by atoms with Gasteiger partial charge in [0.15, 0.2) is 0 Å². The second-order valence-electron chi connectivity index (χ2n) is 9.97. The van der Waals surface area contributed by atoms with Crippen LogP contribution in [0.25, 0.3) is 0 Å². The third kappa shape index (κ3) is 4.55. The van der Waals surface area contributed by atoms with Gasteiger partial charge in [-0.2, -0.15) is 0 Å². The zero-order chi connectivity index (χ0) is 25.0. The second-order valence-corrected chi connectivity index (χ2v) is 11.6. The molecule has 6 atom stereocenters. The minimum absolute atomic E-state index is 0.0299. The fraction of sp³-hybridized carbons (Fsp3) is 0.731. The summed E-state index contributed by atoms with van der Waals surface area (Å²) in [4.78, 5) is 44.7. The molecule has 3 fully saturated rings. The molecule has 34 heavy (non-hydrogen) atoms. The topological polar surface area (TPSA) is 87.1 Å². The predicted octanol–water partition coefficient (Wildman–Crippen LogP) is 3.03. The number of rotatable bonds is 13.